The van der Waals surface area contributed by atoms with Crippen LogP contribution in [-0.2, 0) is 11.3 Å². The fraction of sp³-hybridized carbons (Fsp3) is 0.560. The highest BCUT2D eigenvalue weighted by Crippen LogP contribution is 2.45. The van der Waals surface area contributed by atoms with E-state index in [2.05, 4.69) is 15.9 Å². The Labute approximate surface area is 187 Å². The average Bonchev–Trinajstić information content (AvgIpc) is 3.21. The lowest BCUT2D eigenvalue weighted by Gasteiger charge is -2.54. The molecule has 4 heterocycles. The lowest BCUT2D eigenvalue weighted by atomic mass is 9.68. The predicted octanol–water partition coefficient (Wildman–Crippen LogP) is 3.97. The largest absolute Gasteiger partial charge is 0.338 e. The Balaban J connectivity index is 1.27. The summed E-state index contributed by atoms with van der Waals surface area (Å²) in [5.74, 6) is 1.31. The fourth-order valence-corrected chi connectivity index (χ4v) is 6.99. The Kier molecular flexibility index (Phi) is 4.82. The van der Waals surface area contributed by atoms with E-state index in [1.807, 2.05) is 16.8 Å². The lowest BCUT2D eigenvalue weighted by molar-refractivity contribution is -0.383. The van der Waals surface area contributed by atoms with Gasteiger partial charge in [-0.25, -0.2) is 0 Å². The third kappa shape index (κ3) is 3.17. The molecule has 3 aliphatic heterocycles. The summed E-state index contributed by atoms with van der Waals surface area (Å²) in [6, 6.07) is 7.77. The van der Waals surface area contributed by atoms with E-state index >= 15 is 0 Å². The molecular weight excluding hydrogens is 404 g/mol. The van der Waals surface area contributed by atoms with E-state index in [0.717, 1.165) is 31.4 Å². The lowest BCUT2D eigenvalue weighted by Crippen LogP contribution is -2.60. The van der Waals surface area contributed by atoms with Crippen LogP contribution < -0.4 is 0 Å². The predicted molar refractivity (Wildman–Crippen MR) is 122 cm³/mol. The van der Waals surface area contributed by atoms with Crippen molar-refractivity contribution in [1.82, 2.24) is 14.4 Å². The smallest absolute Gasteiger partial charge is 0.278 e. The van der Waals surface area contributed by atoms with E-state index in [0.29, 0.717) is 23.3 Å². The Morgan fingerprint density at radius 1 is 1.16 bits per heavy atom. The molecule has 6 rings (SSSR count). The van der Waals surface area contributed by atoms with Crippen LogP contribution in [0.4, 0.5) is 5.69 Å². The molecule has 0 N–H and O–H groups in total. The molecule has 7 heteroatoms. The normalized spacial score (nSPS) is 29.9. The zero-order valence-corrected chi connectivity index (χ0v) is 18.4. The number of hydrogen-bond donors (Lipinski definition) is 0. The maximum atomic E-state index is 13.6. The summed E-state index contributed by atoms with van der Waals surface area (Å²) < 4.78 is 1.87. The van der Waals surface area contributed by atoms with Crippen LogP contribution in [0.15, 0.2) is 42.1 Å². The van der Waals surface area contributed by atoms with Gasteiger partial charge < -0.3 is 9.47 Å². The number of likely N-dealkylation sites (tertiary alicyclic amines) is 1. The number of nitrogens with zero attached hydrogens (tertiary/aromatic N) is 4. The minimum atomic E-state index is -0.356. The number of amides is 1. The van der Waals surface area contributed by atoms with Crippen molar-refractivity contribution in [3.8, 4) is 0 Å². The molecule has 32 heavy (non-hydrogen) atoms. The first kappa shape index (κ1) is 20.0. The summed E-state index contributed by atoms with van der Waals surface area (Å²) in [5, 5.41) is 12.0. The number of carbonyl (C=O) groups excluding carboxylic acids is 1. The molecule has 4 atom stereocenters. The highest BCUT2D eigenvalue weighted by Gasteiger charge is 2.46. The van der Waals surface area contributed by atoms with Crippen molar-refractivity contribution < 1.29 is 9.72 Å². The summed E-state index contributed by atoms with van der Waals surface area (Å²) in [6.07, 6.45) is 11.7. The number of rotatable bonds is 3. The molecule has 1 aliphatic carbocycles. The average molecular weight is 435 g/mol. The Bertz CT molecular complexity index is 1110. The van der Waals surface area contributed by atoms with E-state index in [1.165, 1.54) is 43.9 Å². The van der Waals surface area contributed by atoms with Gasteiger partial charge in [0.25, 0.3) is 5.69 Å². The Hall–Kier alpha value is -2.67. The first-order chi connectivity index (χ1) is 15.6. The Morgan fingerprint density at radius 3 is 2.94 bits per heavy atom. The van der Waals surface area contributed by atoms with Gasteiger partial charge in [0, 0.05) is 31.4 Å². The van der Waals surface area contributed by atoms with E-state index in [9.17, 15) is 14.9 Å². The maximum absolute atomic E-state index is 13.6. The van der Waals surface area contributed by atoms with Gasteiger partial charge in [0.1, 0.15) is 6.54 Å². The second-order valence-corrected chi connectivity index (χ2v) is 10.0. The van der Waals surface area contributed by atoms with Crippen LogP contribution in [0.5, 0.6) is 0 Å². The molecule has 4 aliphatic rings. The maximum Gasteiger partial charge on any atom is 0.278 e. The third-order valence-electron chi connectivity index (χ3n) is 8.27. The van der Waals surface area contributed by atoms with Gasteiger partial charge >= 0.3 is 0 Å². The van der Waals surface area contributed by atoms with Crippen molar-refractivity contribution in [2.24, 2.45) is 11.8 Å². The van der Waals surface area contributed by atoms with Gasteiger partial charge in [0.05, 0.1) is 21.9 Å². The molecule has 0 spiro atoms. The number of fused-ring (bicyclic) bond motifs is 7. The van der Waals surface area contributed by atoms with Crippen LogP contribution in [0.3, 0.4) is 0 Å². The van der Waals surface area contributed by atoms with Crippen molar-refractivity contribution >= 4 is 22.5 Å². The third-order valence-corrected chi connectivity index (χ3v) is 8.27. The van der Waals surface area contributed by atoms with Crippen LogP contribution >= 0.6 is 0 Å². The highest BCUT2D eigenvalue weighted by molar-refractivity contribution is 5.90. The van der Waals surface area contributed by atoms with Gasteiger partial charge in [-0.3, -0.25) is 19.8 Å². The first-order valence-corrected chi connectivity index (χ1v) is 12.1. The summed E-state index contributed by atoms with van der Waals surface area (Å²) >= 11 is 0. The molecule has 0 unspecified atom stereocenters. The van der Waals surface area contributed by atoms with Crippen LogP contribution in [0.25, 0.3) is 10.9 Å². The number of carbonyl (C=O) groups is 1. The molecule has 2 bridgehead atoms. The molecule has 1 aromatic carbocycles. The topological polar surface area (TPSA) is 71.6 Å². The van der Waals surface area contributed by atoms with Crippen molar-refractivity contribution in [3.63, 3.8) is 0 Å². The van der Waals surface area contributed by atoms with Gasteiger partial charge in [-0.05, 0) is 62.6 Å². The van der Waals surface area contributed by atoms with E-state index < -0.39 is 0 Å². The van der Waals surface area contributed by atoms with Crippen molar-refractivity contribution in [1.29, 1.82) is 0 Å². The van der Waals surface area contributed by atoms with Gasteiger partial charge in [0.2, 0.25) is 5.91 Å². The minimum absolute atomic E-state index is 0.0912. The number of piperidine rings is 3. The quantitative estimate of drug-likeness (QED) is 0.416. The van der Waals surface area contributed by atoms with Crippen LogP contribution in [0, 0.1) is 22.0 Å². The zero-order chi connectivity index (χ0) is 21.8. The van der Waals surface area contributed by atoms with E-state index in [-0.39, 0.29) is 29.1 Å². The van der Waals surface area contributed by atoms with Gasteiger partial charge in [0.15, 0.2) is 0 Å². The summed E-state index contributed by atoms with van der Waals surface area (Å²) in [5.41, 5.74) is 2.33. The van der Waals surface area contributed by atoms with Gasteiger partial charge in [-0.15, -0.1) is 0 Å². The molecule has 3 saturated heterocycles. The molecular formula is C25H30N4O3. The number of nitro groups is 1. The van der Waals surface area contributed by atoms with Crippen LogP contribution in [0.2, 0.25) is 0 Å². The number of nitro benzene ring substituents is 1. The van der Waals surface area contributed by atoms with Crippen molar-refractivity contribution in [2.75, 3.05) is 19.6 Å². The molecule has 1 aromatic heterocycles. The number of non-ortho nitro benzene ring substituents is 1. The van der Waals surface area contributed by atoms with Crippen molar-refractivity contribution in [2.45, 2.75) is 57.2 Å². The summed E-state index contributed by atoms with van der Waals surface area (Å²) in [4.78, 5) is 29.4. The molecule has 3 fully saturated rings. The molecule has 1 amide bonds. The fourth-order valence-electron chi connectivity index (χ4n) is 6.99. The standard InChI is InChI=1S/C25H30N4O3/c30-24(16-27-12-9-20-22(27)7-3-8-23(20)29(31)32)28-11-4-5-17-13-18-14-19(25(17)28)15-26-10-2-1-6-21(18)26/h3,7-9,12-13,18-19,21,25H,1-2,4-6,10-11,14-16H2/t18-,19-,21+,25+/m0/s1. The molecule has 0 radical (unpaired) electrons. The molecule has 2 aromatic rings. The van der Waals surface area contributed by atoms with E-state index in [4.69, 9.17) is 0 Å². The van der Waals surface area contributed by atoms with Gasteiger partial charge in [-0.1, -0.05) is 24.1 Å². The number of benzene rings is 1. The summed E-state index contributed by atoms with van der Waals surface area (Å²) in [7, 11) is 0. The molecule has 0 saturated carbocycles. The van der Waals surface area contributed by atoms with Crippen LogP contribution in [0.1, 0.15) is 38.5 Å². The second-order valence-electron chi connectivity index (χ2n) is 10.0. The molecule has 7 nitrogen and oxygen atoms in total. The molecule has 168 valence electrons. The Morgan fingerprint density at radius 2 is 2.06 bits per heavy atom. The summed E-state index contributed by atoms with van der Waals surface area (Å²) in [6.45, 7) is 3.36. The van der Waals surface area contributed by atoms with Crippen molar-refractivity contribution in [3.05, 3.63) is 52.2 Å². The highest BCUT2D eigenvalue weighted by atomic mass is 16.6. The van der Waals surface area contributed by atoms with E-state index in [1.54, 1.807) is 12.1 Å². The monoisotopic (exact) mass is 434 g/mol. The van der Waals surface area contributed by atoms with Gasteiger partial charge in [-0.2, -0.15) is 0 Å². The van der Waals surface area contributed by atoms with Crippen LogP contribution in [-0.4, -0.2) is 56.9 Å². The minimum Gasteiger partial charge on any atom is -0.338 e. The zero-order valence-electron chi connectivity index (χ0n) is 18.4. The number of aromatic nitrogens is 1. The number of hydrogen-bond acceptors (Lipinski definition) is 4. The second kappa shape index (κ2) is 7.73. The first-order valence-electron chi connectivity index (χ1n) is 12.1. The SMILES string of the molecule is O=C(Cn1ccc2c([N+](=O)[O-])cccc21)N1CCCC2=C[C@H]3C[C@@H](CN4CCCC[C@H]34)[C@@H]21.